The zero-order chi connectivity index (χ0) is 19.0. The molecule has 3 aliphatic rings. The van der Waals surface area contributed by atoms with Crippen molar-refractivity contribution in [2.45, 2.75) is 19.9 Å². The smallest absolute Gasteiger partial charge is 0.321 e. The molecule has 1 atom stereocenters. The van der Waals surface area contributed by atoms with Crippen molar-refractivity contribution >= 4 is 23.9 Å². The molecule has 1 saturated heterocycles. The number of nitrogens with zero attached hydrogens (tertiary/aromatic N) is 5. The first-order chi connectivity index (χ1) is 13.0. The largest absolute Gasteiger partial charge is 0.353 e. The van der Waals surface area contributed by atoms with E-state index in [1.54, 1.807) is 24.0 Å². The fourth-order valence-corrected chi connectivity index (χ4v) is 3.48. The van der Waals surface area contributed by atoms with Crippen molar-refractivity contribution in [1.29, 1.82) is 0 Å². The SMILES string of the molecule is Cc1c(F)cccc1NC(=O)N1CCN(C2=CC3=N[C@@H](C)CN3C=N2)CC1. The van der Waals surface area contributed by atoms with Crippen LogP contribution in [0.1, 0.15) is 12.5 Å². The first-order valence-corrected chi connectivity index (χ1v) is 9.17. The van der Waals surface area contributed by atoms with Gasteiger partial charge in [-0.05, 0) is 26.0 Å². The number of nitrogens with one attached hydrogen (secondary N) is 1. The van der Waals surface area contributed by atoms with Crippen molar-refractivity contribution in [3.8, 4) is 0 Å². The summed E-state index contributed by atoms with van der Waals surface area (Å²) in [4.78, 5) is 27.6. The molecule has 0 unspecified atom stereocenters. The molecule has 7 nitrogen and oxygen atoms in total. The number of halogens is 1. The molecular weight excluding hydrogens is 347 g/mol. The minimum absolute atomic E-state index is 0.204. The van der Waals surface area contributed by atoms with Gasteiger partial charge in [0.25, 0.3) is 0 Å². The summed E-state index contributed by atoms with van der Waals surface area (Å²) in [5.74, 6) is 1.52. The van der Waals surface area contributed by atoms with Crippen LogP contribution in [-0.2, 0) is 0 Å². The summed E-state index contributed by atoms with van der Waals surface area (Å²) >= 11 is 0. The number of urea groups is 1. The molecule has 0 radical (unpaired) electrons. The lowest BCUT2D eigenvalue weighted by atomic mass is 10.2. The summed E-state index contributed by atoms with van der Waals surface area (Å²) in [5, 5.41) is 2.81. The second kappa shape index (κ2) is 7.02. The van der Waals surface area contributed by atoms with E-state index in [4.69, 9.17) is 0 Å². The van der Waals surface area contributed by atoms with Crippen LogP contribution in [0.4, 0.5) is 14.9 Å². The van der Waals surface area contributed by atoms with E-state index in [2.05, 4.69) is 32.0 Å². The second-order valence-corrected chi connectivity index (χ2v) is 7.05. The molecule has 0 aliphatic carbocycles. The highest BCUT2D eigenvalue weighted by Gasteiger charge is 2.27. The van der Waals surface area contributed by atoms with E-state index in [0.29, 0.717) is 37.4 Å². The first kappa shape index (κ1) is 17.5. The van der Waals surface area contributed by atoms with Crippen molar-refractivity contribution in [1.82, 2.24) is 14.7 Å². The van der Waals surface area contributed by atoms with Crippen LogP contribution in [-0.4, -0.2) is 71.7 Å². The summed E-state index contributed by atoms with van der Waals surface area (Å²) in [6, 6.07) is 4.78. The highest BCUT2D eigenvalue weighted by molar-refractivity contribution is 6.03. The molecule has 2 amide bonds. The summed E-state index contributed by atoms with van der Waals surface area (Å²) in [5.41, 5.74) is 0.956. The van der Waals surface area contributed by atoms with Gasteiger partial charge < -0.3 is 20.0 Å². The van der Waals surface area contributed by atoms with Crippen molar-refractivity contribution in [3.05, 3.63) is 41.5 Å². The fraction of sp³-hybridized carbons (Fsp3) is 0.421. The Hall–Kier alpha value is -2.90. The molecule has 3 aliphatic heterocycles. The Morgan fingerprint density at radius 2 is 2.04 bits per heavy atom. The number of benzene rings is 1. The van der Waals surface area contributed by atoms with Crippen LogP contribution in [0.5, 0.6) is 0 Å². The lowest BCUT2D eigenvalue weighted by Gasteiger charge is -2.36. The molecule has 1 N–H and O–H groups in total. The molecule has 0 aromatic heterocycles. The quantitative estimate of drug-likeness (QED) is 0.869. The molecule has 8 heteroatoms. The van der Waals surface area contributed by atoms with Crippen LogP contribution >= 0.6 is 0 Å². The fourth-order valence-electron chi connectivity index (χ4n) is 3.48. The van der Waals surface area contributed by atoms with Gasteiger partial charge in [-0.15, -0.1) is 0 Å². The standard InChI is InChI=1S/C19H23FN6O/c1-13-11-26-12-21-17(10-18(26)22-13)24-6-8-25(9-7-24)19(27)23-16-5-3-4-15(20)14(16)2/h3-5,10,12-13H,6-9,11H2,1-2H3,(H,23,27)/t13-/m0/s1. The highest BCUT2D eigenvalue weighted by Crippen LogP contribution is 2.20. The molecule has 1 fully saturated rings. The van der Waals surface area contributed by atoms with Crippen LogP contribution in [0.25, 0.3) is 0 Å². The van der Waals surface area contributed by atoms with Crippen LogP contribution < -0.4 is 5.32 Å². The van der Waals surface area contributed by atoms with E-state index in [0.717, 1.165) is 18.2 Å². The summed E-state index contributed by atoms with van der Waals surface area (Å²) in [6.45, 7) is 7.18. The number of rotatable bonds is 2. The molecule has 3 heterocycles. The van der Waals surface area contributed by atoms with Gasteiger partial charge in [0.2, 0.25) is 0 Å². The van der Waals surface area contributed by atoms with E-state index in [1.807, 2.05) is 12.4 Å². The minimum atomic E-state index is -0.321. The monoisotopic (exact) mass is 370 g/mol. The summed E-state index contributed by atoms with van der Waals surface area (Å²) < 4.78 is 13.6. The maximum absolute atomic E-state index is 13.6. The van der Waals surface area contributed by atoms with Gasteiger partial charge in [0.1, 0.15) is 17.5 Å². The first-order valence-electron chi connectivity index (χ1n) is 9.17. The van der Waals surface area contributed by atoms with E-state index in [1.165, 1.54) is 6.07 Å². The number of hydrogen-bond acceptors (Lipinski definition) is 5. The number of fused-ring (bicyclic) bond motifs is 1. The zero-order valence-corrected chi connectivity index (χ0v) is 15.5. The Morgan fingerprint density at radius 3 is 2.81 bits per heavy atom. The molecule has 0 saturated carbocycles. The average Bonchev–Trinajstić information content (AvgIpc) is 3.04. The predicted molar refractivity (Wildman–Crippen MR) is 103 cm³/mol. The maximum Gasteiger partial charge on any atom is 0.321 e. The molecule has 1 aromatic rings. The van der Waals surface area contributed by atoms with Crippen molar-refractivity contribution in [3.63, 3.8) is 0 Å². The number of piperazine rings is 1. The Balaban J connectivity index is 1.36. The van der Waals surface area contributed by atoms with Gasteiger partial charge in [0.05, 0.1) is 12.4 Å². The molecule has 0 spiro atoms. The normalized spacial score (nSPS) is 21.7. The predicted octanol–water partition coefficient (Wildman–Crippen LogP) is 2.27. The Morgan fingerprint density at radius 1 is 1.26 bits per heavy atom. The average molecular weight is 370 g/mol. The van der Waals surface area contributed by atoms with Crippen LogP contribution in [0.2, 0.25) is 0 Å². The molecular formula is C19H23FN6O. The number of amides is 2. The minimum Gasteiger partial charge on any atom is -0.353 e. The maximum atomic E-state index is 13.6. The van der Waals surface area contributed by atoms with Gasteiger partial charge in [0, 0.05) is 50.1 Å². The molecule has 0 bridgehead atoms. The van der Waals surface area contributed by atoms with Crippen LogP contribution in [0.3, 0.4) is 0 Å². The van der Waals surface area contributed by atoms with E-state index < -0.39 is 0 Å². The van der Waals surface area contributed by atoms with Crippen molar-refractivity contribution in [2.24, 2.45) is 9.98 Å². The molecule has 142 valence electrons. The van der Waals surface area contributed by atoms with E-state index >= 15 is 0 Å². The van der Waals surface area contributed by atoms with Gasteiger partial charge in [-0.1, -0.05) is 6.07 Å². The number of hydrogen-bond donors (Lipinski definition) is 1. The Bertz CT molecular complexity index is 841. The van der Waals surface area contributed by atoms with Crippen LogP contribution in [0, 0.1) is 12.7 Å². The highest BCUT2D eigenvalue weighted by atomic mass is 19.1. The molecule has 4 rings (SSSR count). The topological polar surface area (TPSA) is 63.5 Å². The van der Waals surface area contributed by atoms with Crippen LogP contribution in [0.15, 0.2) is 40.1 Å². The summed E-state index contributed by atoms with van der Waals surface area (Å²) in [6.07, 6.45) is 3.85. The van der Waals surface area contributed by atoms with Crippen molar-refractivity contribution in [2.75, 3.05) is 38.0 Å². The molecule has 27 heavy (non-hydrogen) atoms. The Kier molecular flexibility index (Phi) is 4.55. The lowest BCUT2D eigenvalue weighted by molar-refractivity contribution is 0.167. The lowest BCUT2D eigenvalue weighted by Crippen LogP contribution is -2.50. The number of carbonyl (C=O) groups is 1. The van der Waals surface area contributed by atoms with E-state index in [9.17, 15) is 9.18 Å². The third-order valence-electron chi connectivity index (χ3n) is 5.10. The number of amidine groups is 1. The third kappa shape index (κ3) is 3.51. The number of anilines is 1. The van der Waals surface area contributed by atoms with Gasteiger partial charge in [-0.3, -0.25) is 4.99 Å². The Labute approximate surface area is 157 Å². The van der Waals surface area contributed by atoms with Gasteiger partial charge >= 0.3 is 6.03 Å². The zero-order valence-electron chi connectivity index (χ0n) is 15.5. The van der Waals surface area contributed by atoms with Crippen molar-refractivity contribution < 1.29 is 9.18 Å². The van der Waals surface area contributed by atoms with Gasteiger partial charge in [-0.2, -0.15) is 0 Å². The van der Waals surface area contributed by atoms with Gasteiger partial charge in [0.15, 0.2) is 0 Å². The second-order valence-electron chi connectivity index (χ2n) is 7.05. The summed E-state index contributed by atoms with van der Waals surface area (Å²) in [7, 11) is 0. The third-order valence-corrected chi connectivity index (χ3v) is 5.10. The number of carbonyl (C=O) groups excluding carboxylic acids is 1. The molecule has 1 aromatic carbocycles. The van der Waals surface area contributed by atoms with E-state index in [-0.39, 0.29) is 17.9 Å². The van der Waals surface area contributed by atoms with Gasteiger partial charge in [-0.25, -0.2) is 14.2 Å². The number of aliphatic imine (C=N–C) groups is 2.